The van der Waals surface area contributed by atoms with Crippen molar-refractivity contribution in [1.29, 1.82) is 0 Å². The molecule has 3 aromatic heterocycles. The van der Waals surface area contributed by atoms with Crippen molar-refractivity contribution >= 4 is 36.8 Å². The van der Waals surface area contributed by atoms with Gasteiger partial charge in [0.15, 0.2) is 0 Å². The monoisotopic (exact) mass is 553 g/mol. The van der Waals surface area contributed by atoms with Crippen LogP contribution < -0.4 is 15.6 Å². The standard InChI is InChI=1S/C16H13F3N6OSe.C7H13N/c1-24-9-11(8-23-24)14(26)22-4-2-3-10-7-12-13(20)21-5-6-25(12)15(10)27-16(17,18)19;1-8-3-2-6-4-7(6)5-8/h5-9H,4H2,1H3,(H2,20,21)(H,22,26);6-7H,2-5H2,1H3. The van der Waals surface area contributed by atoms with E-state index in [1.807, 2.05) is 0 Å². The molecule has 12 heteroatoms. The molecule has 5 rings (SSSR count). The van der Waals surface area contributed by atoms with Crippen LogP contribution in [0.4, 0.5) is 19.0 Å². The predicted octanol–water partition coefficient (Wildman–Crippen LogP) is 1.24. The second-order valence-corrected chi connectivity index (χ2v) is 10.9. The summed E-state index contributed by atoms with van der Waals surface area (Å²) in [7, 11) is 3.91. The first kappa shape index (κ1) is 25.1. The first-order chi connectivity index (χ1) is 16.6. The SMILES string of the molecule is CN1CCC2CC2C1.Cn1cc(C(=O)NCC#Cc2cc3c(N)nccn3c2[Se]C(F)(F)F)cn1. The van der Waals surface area contributed by atoms with E-state index in [-0.39, 0.29) is 28.4 Å². The second-order valence-electron chi connectivity index (χ2n) is 8.67. The number of piperidine rings is 1. The Morgan fingerprint density at radius 1 is 1.34 bits per heavy atom. The van der Waals surface area contributed by atoms with Crippen molar-refractivity contribution in [1.82, 2.24) is 29.4 Å². The number of nitrogens with one attached hydrogen (secondary N) is 1. The summed E-state index contributed by atoms with van der Waals surface area (Å²) in [5.41, 5.74) is 6.69. The summed E-state index contributed by atoms with van der Waals surface area (Å²) in [6.45, 7) is 2.71. The number of aromatic nitrogens is 4. The molecule has 3 aromatic rings. The molecule has 0 aromatic carbocycles. The molecular formula is C23H26F3N7OSe. The minimum atomic E-state index is -4.34. The van der Waals surface area contributed by atoms with Gasteiger partial charge in [0.1, 0.15) is 0 Å². The molecule has 186 valence electrons. The Hall–Kier alpha value is -3.00. The van der Waals surface area contributed by atoms with Crippen molar-refractivity contribution in [3.63, 3.8) is 0 Å². The fraction of sp³-hybridized carbons (Fsp3) is 0.435. The zero-order chi connectivity index (χ0) is 25.2. The van der Waals surface area contributed by atoms with E-state index < -0.39 is 20.0 Å². The first-order valence-corrected chi connectivity index (χ1v) is 12.8. The zero-order valence-electron chi connectivity index (χ0n) is 19.3. The summed E-state index contributed by atoms with van der Waals surface area (Å²) in [4.78, 5) is 18.2. The molecule has 35 heavy (non-hydrogen) atoms. The summed E-state index contributed by atoms with van der Waals surface area (Å²) in [6.07, 6.45) is 8.71. The van der Waals surface area contributed by atoms with Crippen molar-refractivity contribution in [2.24, 2.45) is 18.9 Å². The Bertz CT molecular complexity index is 1270. The summed E-state index contributed by atoms with van der Waals surface area (Å²) in [5, 5.41) is 2.11. The van der Waals surface area contributed by atoms with Crippen molar-refractivity contribution in [3.05, 3.63) is 42.0 Å². The molecule has 8 nitrogen and oxygen atoms in total. The fourth-order valence-electron chi connectivity index (χ4n) is 4.07. The molecule has 0 radical (unpaired) electrons. The number of rotatable bonds is 3. The van der Waals surface area contributed by atoms with Crippen LogP contribution in [0.25, 0.3) is 5.52 Å². The average Bonchev–Trinajstić information content (AvgIpc) is 3.28. The van der Waals surface area contributed by atoms with E-state index in [4.69, 9.17) is 5.73 Å². The normalized spacial score (nSPS) is 19.2. The number of likely N-dealkylation sites (tertiary alicyclic amines) is 1. The van der Waals surface area contributed by atoms with E-state index in [1.54, 1.807) is 13.2 Å². The molecule has 1 aliphatic heterocycles. The summed E-state index contributed by atoms with van der Waals surface area (Å²) >= 11 is -1.81. The summed E-state index contributed by atoms with van der Waals surface area (Å²) in [6, 6.07) is 1.47. The van der Waals surface area contributed by atoms with Crippen molar-refractivity contribution in [3.8, 4) is 11.8 Å². The Morgan fingerprint density at radius 3 is 2.80 bits per heavy atom. The number of hydrogen-bond acceptors (Lipinski definition) is 5. The maximum absolute atomic E-state index is 13.0. The van der Waals surface area contributed by atoms with E-state index in [1.165, 1.54) is 59.7 Å². The number of aryl methyl sites for hydroxylation is 1. The van der Waals surface area contributed by atoms with Crippen LogP contribution >= 0.6 is 0 Å². The van der Waals surface area contributed by atoms with Crippen LogP contribution in [-0.2, 0) is 7.05 Å². The average molecular weight is 552 g/mol. The van der Waals surface area contributed by atoms with Gasteiger partial charge in [-0.1, -0.05) is 0 Å². The number of nitrogens with two attached hydrogens (primary N) is 1. The van der Waals surface area contributed by atoms with Crippen LogP contribution in [0.5, 0.6) is 0 Å². The third-order valence-corrected chi connectivity index (χ3v) is 7.68. The molecular weight excluding hydrogens is 526 g/mol. The predicted molar refractivity (Wildman–Crippen MR) is 127 cm³/mol. The minimum absolute atomic E-state index is 0.0217. The first-order valence-electron chi connectivity index (χ1n) is 11.1. The Labute approximate surface area is 207 Å². The Balaban J connectivity index is 0.000000301. The zero-order valence-corrected chi connectivity index (χ0v) is 21.1. The van der Waals surface area contributed by atoms with Gasteiger partial charge < -0.3 is 4.90 Å². The molecule has 2 fully saturated rings. The molecule has 4 heterocycles. The number of nitrogen functional groups attached to an aromatic ring is 1. The van der Waals surface area contributed by atoms with Crippen molar-refractivity contribution in [2.45, 2.75) is 17.9 Å². The van der Waals surface area contributed by atoms with Gasteiger partial charge in [0.05, 0.1) is 0 Å². The summed E-state index contributed by atoms with van der Waals surface area (Å²) < 4.78 is 41.8. The number of carbonyl (C=O) groups excluding carboxylic acids is 1. The number of nitrogens with zero attached hydrogens (tertiary/aromatic N) is 5. The number of alkyl halides is 3. The molecule has 0 bridgehead atoms. The second kappa shape index (κ2) is 10.3. The number of halogens is 3. The van der Waals surface area contributed by atoms with Gasteiger partial charge in [0.2, 0.25) is 0 Å². The van der Waals surface area contributed by atoms with E-state index >= 15 is 0 Å². The topological polar surface area (TPSA) is 93.5 Å². The van der Waals surface area contributed by atoms with Gasteiger partial charge in [0.25, 0.3) is 0 Å². The van der Waals surface area contributed by atoms with Gasteiger partial charge in [-0.3, -0.25) is 0 Å². The van der Waals surface area contributed by atoms with Gasteiger partial charge in [-0.05, 0) is 38.3 Å². The van der Waals surface area contributed by atoms with E-state index in [0.29, 0.717) is 11.1 Å². The molecule has 2 unspecified atom stereocenters. The molecule has 1 aliphatic carbocycles. The molecule has 2 aliphatic rings. The quantitative estimate of drug-likeness (QED) is 0.377. The van der Waals surface area contributed by atoms with Crippen molar-refractivity contribution < 1.29 is 18.0 Å². The third kappa shape index (κ3) is 6.57. The van der Waals surface area contributed by atoms with Gasteiger partial charge in [-0.15, -0.1) is 0 Å². The molecule has 2 atom stereocenters. The molecule has 3 N–H and O–H groups in total. The van der Waals surface area contributed by atoms with Crippen LogP contribution in [0, 0.1) is 23.7 Å². The van der Waals surface area contributed by atoms with Gasteiger partial charge in [-0.2, -0.15) is 0 Å². The molecule has 1 saturated heterocycles. The molecule has 0 spiro atoms. The van der Waals surface area contributed by atoms with Crippen LogP contribution in [-0.4, -0.2) is 76.7 Å². The van der Waals surface area contributed by atoms with Crippen LogP contribution in [0.2, 0.25) is 0 Å². The number of amides is 1. The molecule has 1 saturated carbocycles. The third-order valence-electron chi connectivity index (χ3n) is 5.92. The van der Waals surface area contributed by atoms with Crippen LogP contribution in [0.15, 0.2) is 30.9 Å². The maximum atomic E-state index is 13.0. The van der Waals surface area contributed by atoms with Gasteiger partial charge in [-0.25, -0.2) is 0 Å². The Morgan fingerprint density at radius 2 is 2.14 bits per heavy atom. The Kier molecular flexibility index (Phi) is 7.40. The number of carbonyl (C=O) groups is 1. The molecule has 1 amide bonds. The van der Waals surface area contributed by atoms with E-state index in [9.17, 15) is 18.0 Å². The fourth-order valence-corrected chi connectivity index (χ4v) is 5.53. The number of fused-ring (bicyclic) bond motifs is 2. The van der Waals surface area contributed by atoms with Crippen molar-refractivity contribution in [2.75, 3.05) is 32.4 Å². The summed E-state index contributed by atoms with van der Waals surface area (Å²) in [5.74, 6) is 7.37. The van der Waals surface area contributed by atoms with Gasteiger partial charge >= 0.3 is 157 Å². The number of hydrogen-bond donors (Lipinski definition) is 2. The van der Waals surface area contributed by atoms with Crippen LogP contribution in [0.3, 0.4) is 0 Å². The van der Waals surface area contributed by atoms with E-state index in [2.05, 4.69) is 39.2 Å². The van der Waals surface area contributed by atoms with E-state index in [0.717, 1.165) is 11.8 Å². The number of anilines is 1. The van der Waals surface area contributed by atoms with Crippen LogP contribution in [0.1, 0.15) is 28.8 Å². The van der Waals surface area contributed by atoms with Gasteiger partial charge in [0, 0.05) is 6.54 Å².